The maximum atomic E-state index is 12.5. The molecule has 1 aliphatic rings. The zero-order valence-corrected chi connectivity index (χ0v) is 16.6. The van der Waals surface area contributed by atoms with Crippen molar-refractivity contribution in [2.24, 2.45) is 0 Å². The highest BCUT2D eigenvalue weighted by molar-refractivity contribution is 5.92. The Morgan fingerprint density at radius 3 is 2.59 bits per heavy atom. The molecule has 0 aliphatic carbocycles. The molecule has 7 nitrogen and oxygen atoms in total. The molecule has 1 aliphatic heterocycles. The van der Waals surface area contributed by atoms with Gasteiger partial charge in [-0.05, 0) is 32.0 Å². The molecule has 3 aromatic rings. The third kappa shape index (κ3) is 4.86. The number of amides is 1. The van der Waals surface area contributed by atoms with Gasteiger partial charge < -0.3 is 9.42 Å². The minimum atomic E-state index is 0.0137. The molecule has 0 unspecified atom stereocenters. The summed E-state index contributed by atoms with van der Waals surface area (Å²) in [5.74, 6) is 1.32. The maximum absolute atomic E-state index is 12.5. The Morgan fingerprint density at radius 2 is 1.86 bits per heavy atom. The average molecular weight is 391 g/mol. The smallest absolute Gasteiger partial charge is 0.272 e. The van der Waals surface area contributed by atoms with E-state index < -0.39 is 0 Å². The number of nitrogens with zero attached hydrogens (tertiary/aromatic N) is 5. The average Bonchev–Trinajstić information content (AvgIpc) is 3.24. The first-order chi connectivity index (χ1) is 14.2. The normalized spacial score (nSPS) is 14.9. The van der Waals surface area contributed by atoms with Crippen molar-refractivity contribution in [2.45, 2.75) is 19.8 Å². The number of carbonyl (C=O) groups excluding carboxylic acids is 1. The maximum Gasteiger partial charge on any atom is 0.272 e. The quantitative estimate of drug-likeness (QED) is 0.643. The first kappa shape index (κ1) is 19.3. The van der Waals surface area contributed by atoms with Gasteiger partial charge in [0.05, 0.1) is 0 Å². The number of hydrogen-bond acceptors (Lipinski definition) is 6. The van der Waals surface area contributed by atoms with Crippen molar-refractivity contribution in [3.8, 4) is 11.4 Å². The monoisotopic (exact) mass is 391 g/mol. The summed E-state index contributed by atoms with van der Waals surface area (Å²) in [6.45, 7) is 6.21. The van der Waals surface area contributed by atoms with Gasteiger partial charge in [-0.2, -0.15) is 4.98 Å². The molecule has 3 heterocycles. The number of aryl methyl sites for hydroxylation is 2. The second kappa shape index (κ2) is 8.96. The van der Waals surface area contributed by atoms with E-state index >= 15 is 0 Å². The summed E-state index contributed by atoms with van der Waals surface area (Å²) in [6.07, 6.45) is 3.36. The van der Waals surface area contributed by atoms with Crippen LogP contribution < -0.4 is 0 Å². The van der Waals surface area contributed by atoms with Crippen LogP contribution in [0.1, 0.15) is 28.4 Å². The van der Waals surface area contributed by atoms with Gasteiger partial charge in [-0.1, -0.05) is 41.1 Å². The predicted molar refractivity (Wildman–Crippen MR) is 109 cm³/mol. The van der Waals surface area contributed by atoms with E-state index in [2.05, 4.69) is 26.9 Å². The van der Waals surface area contributed by atoms with Crippen molar-refractivity contribution in [3.05, 3.63) is 65.8 Å². The number of hydrogen-bond donors (Lipinski definition) is 0. The van der Waals surface area contributed by atoms with Crippen LogP contribution in [-0.4, -0.2) is 63.6 Å². The fourth-order valence-electron chi connectivity index (χ4n) is 3.46. The summed E-state index contributed by atoms with van der Waals surface area (Å²) in [5, 5.41) is 4.09. The zero-order chi connectivity index (χ0) is 20.1. The van der Waals surface area contributed by atoms with E-state index in [1.54, 1.807) is 12.3 Å². The summed E-state index contributed by atoms with van der Waals surface area (Å²) in [7, 11) is 0. The van der Waals surface area contributed by atoms with Gasteiger partial charge in [0.25, 0.3) is 5.91 Å². The molecule has 150 valence electrons. The Kier molecular flexibility index (Phi) is 5.95. The van der Waals surface area contributed by atoms with Crippen LogP contribution in [0, 0.1) is 6.92 Å². The molecule has 0 spiro atoms. The first-order valence-electron chi connectivity index (χ1n) is 10.0. The van der Waals surface area contributed by atoms with Crippen LogP contribution in [0.3, 0.4) is 0 Å². The molecule has 4 rings (SSSR count). The van der Waals surface area contributed by atoms with Crippen LogP contribution in [0.4, 0.5) is 0 Å². The molecule has 0 N–H and O–H groups in total. The molecule has 0 atom stereocenters. The SMILES string of the molecule is Cc1ccc(-c2noc(CCCN3CCN(C(=O)c4ccccn4)CC3)n2)cc1. The lowest BCUT2D eigenvalue weighted by atomic mass is 10.1. The Bertz CT molecular complexity index is 931. The van der Waals surface area contributed by atoms with Crippen LogP contribution in [0.25, 0.3) is 11.4 Å². The minimum Gasteiger partial charge on any atom is -0.339 e. The van der Waals surface area contributed by atoms with Gasteiger partial charge in [-0.25, -0.2) is 0 Å². The van der Waals surface area contributed by atoms with Gasteiger partial charge >= 0.3 is 0 Å². The fourth-order valence-corrected chi connectivity index (χ4v) is 3.46. The number of carbonyl (C=O) groups is 1. The molecule has 1 aromatic carbocycles. The Labute approximate surface area is 170 Å². The molecule has 2 aromatic heterocycles. The Hall–Kier alpha value is -3.06. The molecular weight excluding hydrogens is 366 g/mol. The molecule has 7 heteroatoms. The van der Waals surface area contributed by atoms with E-state index in [1.807, 2.05) is 41.3 Å². The number of piperazine rings is 1. The summed E-state index contributed by atoms with van der Waals surface area (Å²) < 4.78 is 5.40. The van der Waals surface area contributed by atoms with Crippen molar-refractivity contribution >= 4 is 5.91 Å². The van der Waals surface area contributed by atoms with Crippen molar-refractivity contribution in [2.75, 3.05) is 32.7 Å². The first-order valence-corrected chi connectivity index (χ1v) is 10.0. The summed E-state index contributed by atoms with van der Waals surface area (Å²) in [4.78, 5) is 25.4. The minimum absolute atomic E-state index is 0.0137. The van der Waals surface area contributed by atoms with Gasteiger partial charge in [-0.3, -0.25) is 14.7 Å². The van der Waals surface area contributed by atoms with E-state index in [4.69, 9.17) is 4.52 Å². The second-order valence-electron chi connectivity index (χ2n) is 7.33. The lowest BCUT2D eigenvalue weighted by Crippen LogP contribution is -2.49. The van der Waals surface area contributed by atoms with Crippen molar-refractivity contribution in [1.29, 1.82) is 0 Å². The molecule has 1 saturated heterocycles. The van der Waals surface area contributed by atoms with Gasteiger partial charge in [0, 0.05) is 44.4 Å². The second-order valence-corrected chi connectivity index (χ2v) is 7.33. The van der Waals surface area contributed by atoms with E-state index in [9.17, 15) is 4.79 Å². The largest absolute Gasteiger partial charge is 0.339 e. The van der Waals surface area contributed by atoms with Crippen LogP contribution >= 0.6 is 0 Å². The highest BCUT2D eigenvalue weighted by Crippen LogP contribution is 2.17. The Morgan fingerprint density at radius 1 is 1.07 bits per heavy atom. The molecule has 1 fully saturated rings. The molecular formula is C22H25N5O2. The number of aromatic nitrogens is 3. The number of rotatable bonds is 6. The summed E-state index contributed by atoms with van der Waals surface area (Å²) >= 11 is 0. The highest BCUT2D eigenvalue weighted by Gasteiger charge is 2.22. The van der Waals surface area contributed by atoms with Gasteiger partial charge in [0.15, 0.2) is 0 Å². The third-order valence-electron chi connectivity index (χ3n) is 5.19. The van der Waals surface area contributed by atoms with Crippen LogP contribution in [0.5, 0.6) is 0 Å². The molecule has 0 radical (unpaired) electrons. The van der Waals surface area contributed by atoms with Crippen molar-refractivity contribution in [3.63, 3.8) is 0 Å². The zero-order valence-electron chi connectivity index (χ0n) is 16.6. The summed E-state index contributed by atoms with van der Waals surface area (Å²) in [6, 6.07) is 13.5. The fraction of sp³-hybridized carbons (Fsp3) is 0.364. The van der Waals surface area contributed by atoms with Crippen LogP contribution in [0.15, 0.2) is 53.2 Å². The lowest BCUT2D eigenvalue weighted by Gasteiger charge is -2.34. The van der Waals surface area contributed by atoms with Gasteiger partial charge in [0.1, 0.15) is 5.69 Å². The molecule has 0 bridgehead atoms. The molecule has 0 saturated carbocycles. The Balaban J connectivity index is 1.21. The van der Waals surface area contributed by atoms with Crippen molar-refractivity contribution < 1.29 is 9.32 Å². The lowest BCUT2D eigenvalue weighted by molar-refractivity contribution is 0.0630. The molecule has 1 amide bonds. The van der Waals surface area contributed by atoms with Crippen molar-refractivity contribution in [1.82, 2.24) is 24.9 Å². The van der Waals surface area contributed by atoms with Gasteiger partial charge in [-0.15, -0.1) is 0 Å². The highest BCUT2D eigenvalue weighted by atomic mass is 16.5. The standard InChI is InChI=1S/C22H25N5O2/c1-17-7-9-18(10-8-17)21-24-20(29-25-21)6-4-12-26-13-15-27(16-14-26)22(28)19-5-2-3-11-23-19/h2-3,5,7-11H,4,6,12-16H2,1H3. The number of pyridine rings is 1. The van der Waals surface area contributed by atoms with E-state index in [1.165, 1.54) is 5.56 Å². The van der Waals surface area contributed by atoms with E-state index in [0.717, 1.165) is 51.1 Å². The molecule has 29 heavy (non-hydrogen) atoms. The number of benzene rings is 1. The van der Waals surface area contributed by atoms with E-state index in [0.29, 0.717) is 17.4 Å². The van der Waals surface area contributed by atoms with Gasteiger partial charge in [0.2, 0.25) is 11.7 Å². The summed E-state index contributed by atoms with van der Waals surface area (Å²) in [5.41, 5.74) is 2.69. The van der Waals surface area contributed by atoms with E-state index in [-0.39, 0.29) is 5.91 Å². The third-order valence-corrected chi connectivity index (χ3v) is 5.19. The van der Waals surface area contributed by atoms with Crippen LogP contribution in [0.2, 0.25) is 0 Å². The topological polar surface area (TPSA) is 75.4 Å². The predicted octanol–water partition coefficient (Wildman–Crippen LogP) is 2.83. The van der Waals surface area contributed by atoms with Crippen LogP contribution in [-0.2, 0) is 6.42 Å².